The molecule has 86 valence electrons. The molecule has 2 N–H and O–H groups in total. The van der Waals surface area contributed by atoms with Crippen LogP contribution in [0.4, 0.5) is 5.13 Å². The van der Waals surface area contributed by atoms with Crippen molar-refractivity contribution in [2.45, 2.75) is 23.7 Å². The van der Waals surface area contributed by atoms with Crippen molar-refractivity contribution in [1.82, 2.24) is 10.2 Å². The lowest BCUT2D eigenvalue weighted by molar-refractivity contribution is -0.121. The molecule has 8 heteroatoms. The summed E-state index contributed by atoms with van der Waals surface area (Å²) in [5.41, 5.74) is 5.50. The van der Waals surface area contributed by atoms with Crippen LogP contribution < -0.4 is 10.6 Å². The minimum atomic E-state index is -0.737. The topological polar surface area (TPSA) is 89.2 Å². The molecule has 6 nitrogen and oxygen atoms in total. The van der Waals surface area contributed by atoms with Gasteiger partial charge >= 0.3 is 0 Å². The summed E-state index contributed by atoms with van der Waals surface area (Å²) in [4.78, 5) is 24.1. The molecule has 2 heterocycles. The van der Waals surface area contributed by atoms with E-state index < -0.39 is 11.9 Å². The van der Waals surface area contributed by atoms with E-state index in [9.17, 15) is 9.59 Å². The average molecular weight is 258 g/mol. The number of hydrogen-bond acceptors (Lipinski definition) is 7. The third-order valence-corrected chi connectivity index (χ3v) is 3.96. The normalized spacial score (nSPS) is 20.9. The van der Waals surface area contributed by atoms with E-state index >= 15 is 0 Å². The number of nitrogens with zero attached hydrogens (tertiary/aromatic N) is 3. The Morgan fingerprint density at radius 2 is 2.31 bits per heavy atom. The van der Waals surface area contributed by atoms with Crippen LogP contribution in [0, 0.1) is 0 Å². The number of nitrogens with two attached hydrogens (primary N) is 1. The molecule has 1 fully saturated rings. The number of thioether (sulfide) groups is 1. The van der Waals surface area contributed by atoms with Gasteiger partial charge in [-0.25, -0.2) is 4.90 Å². The van der Waals surface area contributed by atoms with Gasteiger partial charge in [0.15, 0.2) is 4.34 Å². The summed E-state index contributed by atoms with van der Waals surface area (Å²) in [7, 11) is 0. The van der Waals surface area contributed by atoms with E-state index in [1.165, 1.54) is 23.1 Å². The average Bonchev–Trinajstić information content (AvgIpc) is 2.75. The van der Waals surface area contributed by atoms with Gasteiger partial charge < -0.3 is 5.73 Å². The summed E-state index contributed by atoms with van der Waals surface area (Å²) < 4.78 is 0.749. The molecule has 2 rings (SSSR count). The van der Waals surface area contributed by atoms with Gasteiger partial charge in [0.1, 0.15) is 0 Å². The van der Waals surface area contributed by atoms with Crippen LogP contribution in [0.3, 0.4) is 0 Å². The van der Waals surface area contributed by atoms with Crippen LogP contribution in [0.1, 0.15) is 13.3 Å². The van der Waals surface area contributed by atoms with E-state index in [0.29, 0.717) is 5.13 Å². The first-order valence-electron chi connectivity index (χ1n) is 4.72. The fraction of sp³-hybridized carbons (Fsp3) is 0.500. The summed E-state index contributed by atoms with van der Waals surface area (Å²) >= 11 is 2.76. The number of carbonyl (C=O) groups is 2. The maximum atomic E-state index is 11.6. The molecular formula is C8H10N4O2S2. The van der Waals surface area contributed by atoms with Crippen LogP contribution in [-0.4, -0.2) is 33.8 Å². The van der Waals surface area contributed by atoms with Gasteiger partial charge in [-0.05, 0) is 5.75 Å². The maximum absolute atomic E-state index is 11.6. The van der Waals surface area contributed by atoms with Crippen molar-refractivity contribution in [2.75, 3.05) is 10.7 Å². The Bertz CT molecular complexity index is 433. The standard InChI is InChI=1S/C8H10N4O2S2/c1-2-15-8-11-10-7(16-8)12-5(13)3-4(9)6(12)14/h4H,2-3,9H2,1H3. The van der Waals surface area contributed by atoms with Crippen LogP contribution >= 0.6 is 23.1 Å². The predicted octanol–water partition coefficient (Wildman–Crippen LogP) is 0.241. The summed E-state index contributed by atoms with van der Waals surface area (Å²) in [5, 5.41) is 8.04. The van der Waals surface area contributed by atoms with Gasteiger partial charge in [-0.15, -0.1) is 10.2 Å². The molecule has 1 aromatic heterocycles. The number of rotatable bonds is 3. The zero-order valence-electron chi connectivity index (χ0n) is 8.54. The molecule has 1 aromatic rings. The molecular weight excluding hydrogens is 248 g/mol. The van der Waals surface area contributed by atoms with Crippen molar-refractivity contribution >= 4 is 40.0 Å². The molecule has 0 aromatic carbocycles. The Labute approximate surface area is 100 Å². The van der Waals surface area contributed by atoms with Gasteiger partial charge in [0.2, 0.25) is 11.0 Å². The van der Waals surface area contributed by atoms with E-state index in [2.05, 4.69) is 10.2 Å². The molecule has 16 heavy (non-hydrogen) atoms. The van der Waals surface area contributed by atoms with Crippen molar-refractivity contribution in [2.24, 2.45) is 5.73 Å². The van der Waals surface area contributed by atoms with Crippen molar-refractivity contribution in [3.05, 3.63) is 0 Å². The Kier molecular flexibility index (Phi) is 3.22. The molecule has 0 radical (unpaired) electrons. The second-order valence-corrected chi connectivity index (χ2v) is 5.63. The van der Waals surface area contributed by atoms with E-state index in [1.807, 2.05) is 6.92 Å². The first kappa shape index (κ1) is 11.5. The molecule has 0 saturated carbocycles. The van der Waals surface area contributed by atoms with E-state index in [-0.39, 0.29) is 12.3 Å². The lowest BCUT2D eigenvalue weighted by Gasteiger charge is -2.07. The molecule has 0 bridgehead atoms. The van der Waals surface area contributed by atoms with Crippen molar-refractivity contribution < 1.29 is 9.59 Å². The highest BCUT2D eigenvalue weighted by Crippen LogP contribution is 2.30. The number of aromatic nitrogens is 2. The lowest BCUT2D eigenvalue weighted by Crippen LogP contribution is -2.35. The van der Waals surface area contributed by atoms with Gasteiger partial charge in [-0.2, -0.15) is 0 Å². The summed E-state index contributed by atoms with van der Waals surface area (Å²) in [6.45, 7) is 1.99. The highest BCUT2D eigenvalue weighted by atomic mass is 32.2. The maximum Gasteiger partial charge on any atom is 0.253 e. The highest BCUT2D eigenvalue weighted by Gasteiger charge is 2.39. The number of amides is 2. The lowest BCUT2D eigenvalue weighted by atomic mass is 10.3. The van der Waals surface area contributed by atoms with Crippen LogP contribution in [0.15, 0.2) is 4.34 Å². The van der Waals surface area contributed by atoms with Gasteiger partial charge in [-0.3, -0.25) is 9.59 Å². The number of carbonyl (C=O) groups excluding carboxylic acids is 2. The highest BCUT2D eigenvalue weighted by molar-refractivity contribution is 8.01. The second-order valence-electron chi connectivity index (χ2n) is 3.16. The van der Waals surface area contributed by atoms with Crippen LogP contribution in [0.5, 0.6) is 0 Å². The second kappa shape index (κ2) is 4.48. The van der Waals surface area contributed by atoms with E-state index in [4.69, 9.17) is 5.73 Å². The third kappa shape index (κ3) is 1.95. The molecule has 1 unspecified atom stereocenters. The van der Waals surface area contributed by atoms with E-state index in [1.54, 1.807) is 0 Å². The summed E-state index contributed by atoms with van der Waals surface area (Å²) in [6, 6.07) is -0.737. The fourth-order valence-corrected chi connectivity index (χ4v) is 3.09. The molecule has 1 aliphatic heterocycles. The first-order valence-corrected chi connectivity index (χ1v) is 6.52. The third-order valence-electron chi connectivity index (χ3n) is 2.04. The van der Waals surface area contributed by atoms with Crippen molar-refractivity contribution in [1.29, 1.82) is 0 Å². The molecule has 1 saturated heterocycles. The SMILES string of the molecule is CCSc1nnc(N2C(=O)CC(N)C2=O)s1. The van der Waals surface area contributed by atoms with Crippen molar-refractivity contribution in [3.63, 3.8) is 0 Å². The largest absolute Gasteiger partial charge is 0.319 e. The predicted molar refractivity (Wildman–Crippen MR) is 61.4 cm³/mol. The minimum absolute atomic E-state index is 0.0503. The monoisotopic (exact) mass is 258 g/mol. The van der Waals surface area contributed by atoms with Gasteiger partial charge in [0.25, 0.3) is 5.91 Å². The van der Waals surface area contributed by atoms with Gasteiger partial charge in [0.05, 0.1) is 12.5 Å². The number of hydrogen-bond donors (Lipinski definition) is 1. The smallest absolute Gasteiger partial charge is 0.253 e. The zero-order valence-corrected chi connectivity index (χ0v) is 10.2. The van der Waals surface area contributed by atoms with E-state index in [0.717, 1.165) is 15.0 Å². The number of imide groups is 1. The molecule has 0 aliphatic carbocycles. The fourth-order valence-electron chi connectivity index (χ4n) is 1.33. The van der Waals surface area contributed by atoms with Crippen LogP contribution in [-0.2, 0) is 9.59 Å². The molecule has 2 amide bonds. The summed E-state index contributed by atoms with van der Waals surface area (Å²) in [6.07, 6.45) is 0.0503. The minimum Gasteiger partial charge on any atom is -0.319 e. The van der Waals surface area contributed by atoms with Crippen LogP contribution in [0.25, 0.3) is 0 Å². The zero-order chi connectivity index (χ0) is 11.7. The quantitative estimate of drug-likeness (QED) is 0.474. The Hall–Kier alpha value is -0.990. The summed E-state index contributed by atoms with van der Waals surface area (Å²) in [5.74, 6) is 0.173. The first-order chi connectivity index (χ1) is 7.63. The van der Waals surface area contributed by atoms with Crippen LogP contribution in [0.2, 0.25) is 0 Å². The van der Waals surface area contributed by atoms with Gasteiger partial charge in [-0.1, -0.05) is 30.0 Å². The number of anilines is 1. The Morgan fingerprint density at radius 1 is 1.56 bits per heavy atom. The van der Waals surface area contributed by atoms with Crippen molar-refractivity contribution in [3.8, 4) is 0 Å². The Balaban J connectivity index is 2.23. The molecule has 1 atom stereocenters. The molecule has 0 spiro atoms. The van der Waals surface area contributed by atoms with Gasteiger partial charge in [0, 0.05) is 0 Å². The molecule has 1 aliphatic rings. The Morgan fingerprint density at radius 3 is 2.88 bits per heavy atom.